The van der Waals surface area contributed by atoms with Crippen LogP contribution in [0, 0.1) is 0 Å². The molecule has 1 N–H and O–H groups in total. The number of nitrogens with one attached hydrogen (secondary N) is 1. The van der Waals surface area contributed by atoms with Crippen molar-refractivity contribution in [2.45, 2.75) is 51.6 Å². The van der Waals surface area contributed by atoms with Crippen molar-refractivity contribution in [3.8, 4) is 11.5 Å². The Labute approximate surface area is 145 Å². The van der Waals surface area contributed by atoms with Crippen LogP contribution in [0.4, 0.5) is 18.0 Å². The molecular weight excluding hydrogens is 337 g/mol. The number of amides is 2. The van der Waals surface area contributed by atoms with Crippen LogP contribution in [0.3, 0.4) is 0 Å². The van der Waals surface area contributed by atoms with E-state index in [0.29, 0.717) is 25.9 Å². The maximum absolute atomic E-state index is 13.6. The number of halogens is 3. The largest absolute Gasteiger partial charge is 0.492 e. The number of urea groups is 1. The van der Waals surface area contributed by atoms with Crippen LogP contribution in [0.1, 0.15) is 39.5 Å². The van der Waals surface area contributed by atoms with E-state index in [-0.39, 0.29) is 11.5 Å². The molecule has 8 heteroatoms. The molecule has 2 amide bonds. The summed E-state index contributed by atoms with van der Waals surface area (Å²) in [5.74, 6) is -3.33. The van der Waals surface area contributed by atoms with Crippen molar-refractivity contribution in [2.24, 2.45) is 0 Å². The molecule has 0 saturated carbocycles. The Morgan fingerprint density at radius 2 is 1.56 bits per heavy atom. The van der Waals surface area contributed by atoms with E-state index < -0.39 is 18.1 Å². The van der Waals surface area contributed by atoms with Gasteiger partial charge in [-0.2, -0.15) is 13.2 Å². The number of carbonyl (C=O) groups is 1. The van der Waals surface area contributed by atoms with Crippen LogP contribution >= 0.6 is 0 Å². The van der Waals surface area contributed by atoms with Crippen LogP contribution in [-0.4, -0.2) is 36.1 Å². The highest BCUT2D eigenvalue weighted by Crippen LogP contribution is 2.44. The molecule has 2 rings (SSSR count). The highest BCUT2D eigenvalue weighted by Gasteiger charge is 2.66. The minimum atomic E-state index is -4.94. The van der Waals surface area contributed by atoms with Gasteiger partial charge in [0, 0.05) is 13.1 Å². The maximum Gasteiger partial charge on any atom is 0.492 e. The van der Waals surface area contributed by atoms with Gasteiger partial charge >= 0.3 is 18.1 Å². The van der Waals surface area contributed by atoms with E-state index in [0.717, 1.165) is 12.8 Å². The number of nitrogens with zero attached hydrogens (tertiary/aromatic N) is 1. The number of unbranched alkanes of at least 4 members (excludes halogenated alkanes) is 2. The lowest BCUT2D eigenvalue weighted by Crippen LogP contribution is -2.66. The predicted molar refractivity (Wildman–Crippen MR) is 86.4 cm³/mol. The Morgan fingerprint density at radius 1 is 1.08 bits per heavy atom. The number of fused-ring (bicyclic) bond motifs is 1. The third-order valence-corrected chi connectivity index (χ3v) is 3.85. The highest BCUT2D eigenvalue weighted by atomic mass is 19.4. The summed E-state index contributed by atoms with van der Waals surface area (Å²) in [5.41, 5.74) is 0. The zero-order chi connectivity index (χ0) is 18.5. The van der Waals surface area contributed by atoms with E-state index in [2.05, 4.69) is 0 Å². The van der Waals surface area contributed by atoms with Crippen molar-refractivity contribution < 1.29 is 27.4 Å². The summed E-state index contributed by atoms with van der Waals surface area (Å²) >= 11 is 0. The van der Waals surface area contributed by atoms with Gasteiger partial charge in [-0.05, 0) is 25.0 Å². The molecule has 0 spiro atoms. The average Bonchev–Trinajstić information content (AvgIpc) is 2.94. The molecule has 0 unspecified atom stereocenters. The second kappa shape index (κ2) is 7.84. The molecule has 1 heterocycles. The van der Waals surface area contributed by atoms with E-state index in [1.54, 1.807) is 0 Å². The van der Waals surface area contributed by atoms with Crippen molar-refractivity contribution in [1.29, 1.82) is 0 Å². The first kappa shape index (κ1) is 19.2. The van der Waals surface area contributed by atoms with Gasteiger partial charge in [0.15, 0.2) is 11.5 Å². The molecule has 0 radical (unpaired) electrons. The van der Waals surface area contributed by atoms with Crippen LogP contribution in [-0.2, 0) is 0 Å². The standard InChI is InChI=1S/C17H23F3N2O3/c1-3-5-11-22(12-6-4-2)15(23)21-17(16(18,19)20)24-13-9-7-8-10-14(13)25-17/h7-10H,3-6,11-12H2,1-2H3,(H,21,23). The minimum absolute atomic E-state index is 0.0613. The Balaban J connectivity index is 2.18. The zero-order valence-corrected chi connectivity index (χ0v) is 14.4. The van der Waals surface area contributed by atoms with Gasteiger partial charge < -0.3 is 14.4 Å². The Morgan fingerprint density at radius 3 is 1.96 bits per heavy atom. The second-order valence-corrected chi connectivity index (χ2v) is 5.89. The summed E-state index contributed by atoms with van der Waals surface area (Å²) in [6, 6.07) is 4.94. The molecule has 140 valence electrons. The summed E-state index contributed by atoms with van der Waals surface area (Å²) in [5, 5.41) is 1.91. The molecule has 1 aliphatic rings. The number of ether oxygens (including phenoxy) is 2. The lowest BCUT2D eigenvalue weighted by molar-refractivity contribution is -0.318. The van der Waals surface area contributed by atoms with Gasteiger partial charge in [-0.25, -0.2) is 4.79 Å². The zero-order valence-electron chi connectivity index (χ0n) is 14.4. The number of benzene rings is 1. The van der Waals surface area contributed by atoms with Gasteiger partial charge in [0.05, 0.1) is 0 Å². The van der Waals surface area contributed by atoms with E-state index >= 15 is 0 Å². The topological polar surface area (TPSA) is 50.8 Å². The number of hydrogen-bond acceptors (Lipinski definition) is 3. The van der Waals surface area contributed by atoms with Gasteiger partial charge in [0.25, 0.3) is 0 Å². The summed E-state index contributed by atoms with van der Waals surface area (Å²) in [4.78, 5) is 13.8. The van der Waals surface area contributed by atoms with Crippen LogP contribution < -0.4 is 14.8 Å². The minimum Gasteiger partial charge on any atom is -0.424 e. The molecular formula is C17H23F3N2O3. The Hall–Kier alpha value is -2.12. The van der Waals surface area contributed by atoms with Crippen molar-refractivity contribution in [2.75, 3.05) is 13.1 Å². The van der Waals surface area contributed by atoms with Gasteiger partial charge in [0.1, 0.15) is 0 Å². The van der Waals surface area contributed by atoms with Crippen molar-refractivity contribution in [1.82, 2.24) is 10.2 Å². The molecule has 1 aromatic carbocycles. The molecule has 5 nitrogen and oxygen atoms in total. The molecule has 1 aromatic rings. The second-order valence-electron chi connectivity index (χ2n) is 5.89. The number of rotatable bonds is 7. The molecule has 0 atom stereocenters. The molecule has 0 bridgehead atoms. The summed E-state index contributed by atoms with van der Waals surface area (Å²) in [6.45, 7) is 4.66. The van der Waals surface area contributed by atoms with E-state index in [9.17, 15) is 18.0 Å². The third-order valence-electron chi connectivity index (χ3n) is 3.85. The fourth-order valence-corrected chi connectivity index (χ4v) is 2.42. The van der Waals surface area contributed by atoms with Crippen LogP contribution in [0.25, 0.3) is 0 Å². The van der Waals surface area contributed by atoms with Gasteiger partial charge in [-0.15, -0.1) is 0 Å². The lowest BCUT2D eigenvalue weighted by Gasteiger charge is -2.32. The first-order chi connectivity index (χ1) is 11.8. The quantitative estimate of drug-likeness (QED) is 0.789. The molecule has 0 aromatic heterocycles. The number of carbonyl (C=O) groups excluding carboxylic acids is 1. The third kappa shape index (κ3) is 4.29. The molecule has 0 aliphatic carbocycles. The number of para-hydroxylation sites is 2. The summed E-state index contributed by atoms with van der Waals surface area (Å²) in [7, 11) is 0. The van der Waals surface area contributed by atoms with E-state index in [4.69, 9.17) is 9.47 Å². The van der Waals surface area contributed by atoms with Crippen molar-refractivity contribution in [3.63, 3.8) is 0 Å². The average molecular weight is 360 g/mol. The fraction of sp³-hybridized carbons (Fsp3) is 0.588. The first-order valence-electron chi connectivity index (χ1n) is 8.44. The highest BCUT2D eigenvalue weighted by molar-refractivity contribution is 5.75. The van der Waals surface area contributed by atoms with Crippen molar-refractivity contribution >= 4 is 6.03 Å². The van der Waals surface area contributed by atoms with Gasteiger partial charge in [-0.3, -0.25) is 5.32 Å². The normalized spacial score (nSPS) is 15.1. The van der Waals surface area contributed by atoms with Crippen LogP contribution in [0.15, 0.2) is 24.3 Å². The van der Waals surface area contributed by atoms with E-state index in [1.165, 1.54) is 29.2 Å². The Bertz CT molecular complexity index is 560. The molecule has 0 saturated heterocycles. The Kier molecular flexibility index (Phi) is 6.02. The molecule has 25 heavy (non-hydrogen) atoms. The predicted octanol–water partition coefficient (Wildman–Crippen LogP) is 4.29. The maximum atomic E-state index is 13.6. The van der Waals surface area contributed by atoms with Gasteiger partial charge in [-0.1, -0.05) is 38.8 Å². The van der Waals surface area contributed by atoms with Gasteiger partial charge in [0.2, 0.25) is 0 Å². The number of alkyl halides is 3. The van der Waals surface area contributed by atoms with E-state index in [1.807, 2.05) is 19.2 Å². The number of hydrogen-bond donors (Lipinski definition) is 1. The first-order valence-corrected chi connectivity index (χ1v) is 8.44. The van der Waals surface area contributed by atoms with Crippen molar-refractivity contribution in [3.05, 3.63) is 24.3 Å². The van der Waals surface area contributed by atoms with Crippen LogP contribution in [0.5, 0.6) is 11.5 Å². The molecule has 1 aliphatic heterocycles. The lowest BCUT2D eigenvalue weighted by atomic mass is 10.3. The van der Waals surface area contributed by atoms with Crippen LogP contribution in [0.2, 0.25) is 0 Å². The summed E-state index contributed by atoms with van der Waals surface area (Å²) in [6.07, 6.45) is -1.86. The SMILES string of the molecule is CCCCN(CCCC)C(=O)NC1(C(F)(F)F)Oc2ccccc2O1. The fourth-order valence-electron chi connectivity index (χ4n) is 2.42. The molecule has 0 fully saturated rings. The smallest absolute Gasteiger partial charge is 0.424 e. The monoisotopic (exact) mass is 360 g/mol. The summed E-state index contributed by atoms with van der Waals surface area (Å²) < 4.78 is 50.8.